The van der Waals surface area contributed by atoms with Gasteiger partial charge in [-0.1, -0.05) is 24.3 Å². The maximum absolute atomic E-state index is 12.8. The molecule has 0 saturated heterocycles. The lowest BCUT2D eigenvalue weighted by atomic mass is 9.94. The highest BCUT2D eigenvalue weighted by Crippen LogP contribution is 2.29. The number of nitrogens with one attached hydrogen (secondary N) is 1. The SMILES string of the molecule is CC(C)(C)[NH2+]CCCNC(=O)CCCN1C(=O)c2cccc3cccc(c23)C1=O. The van der Waals surface area contributed by atoms with Crippen LogP contribution >= 0.6 is 0 Å². The molecule has 0 aliphatic carbocycles. The van der Waals surface area contributed by atoms with E-state index < -0.39 is 0 Å². The Kier molecular flexibility index (Phi) is 6.33. The van der Waals surface area contributed by atoms with Crippen LogP contribution in [-0.2, 0) is 4.79 Å². The van der Waals surface area contributed by atoms with Gasteiger partial charge >= 0.3 is 0 Å². The monoisotopic (exact) mass is 396 g/mol. The van der Waals surface area contributed by atoms with E-state index in [4.69, 9.17) is 0 Å². The van der Waals surface area contributed by atoms with Crippen molar-refractivity contribution in [2.45, 2.75) is 45.6 Å². The van der Waals surface area contributed by atoms with Crippen molar-refractivity contribution in [1.82, 2.24) is 10.2 Å². The van der Waals surface area contributed by atoms with Gasteiger partial charge < -0.3 is 10.6 Å². The largest absolute Gasteiger partial charge is 0.356 e. The summed E-state index contributed by atoms with van der Waals surface area (Å²) in [5.41, 5.74) is 1.30. The van der Waals surface area contributed by atoms with E-state index in [1.165, 1.54) is 4.90 Å². The molecule has 0 saturated carbocycles. The highest BCUT2D eigenvalue weighted by atomic mass is 16.2. The van der Waals surface area contributed by atoms with Gasteiger partial charge in [0, 0.05) is 42.4 Å². The molecule has 0 unspecified atom stereocenters. The number of hydrogen-bond acceptors (Lipinski definition) is 3. The topological polar surface area (TPSA) is 83.1 Å². The normalized spacial score (nSPS) is 13.8. The summed E-state index contributed by atoms with van der Waals surface area (Å²) in [5.74, 6) is -0.602. The van der Waals surface area contributed by atoms with Gasteiger partial charge in [0.1, 0.15) is 0 Å². The lowest BCUT2D eigenvalue weighted by Gasteiger charge is -2.27. The standard InChI is InChI=1S/C23H29N3O3/c1-23(2,3)25-14-7-13-24-19(27)12-6-15-26-21(28)17-10-4-8-16-9-5-11-18(20(16)17)22(26)29/h4-5,8-11,25H,6-7,12-15H2,1-3H3,(H,24,27)/p+1. The zero-order valence-electron chi connectivity index (χ0n) is 17.5. The molecule has 3 N–H and O–H groups in total. The van der Waals surface area contributed by atoms with E-state index in [1.807, 2.05) is 24.3 Å². The van der Waals surface area contributed by atoms with Crippen LogP contribution in [0.15, 0.2) is 36.4 Å². The predicted molar refractivity (Wildman–Crippen MR) is 113 cm³/mol. The van der Waals surface area contributed by atoms with Crippen molar-refractivity contribution >= 4 is 28.5 Å². The van der Waals surface area contributed by atoms with Crippen molar-refractivity contribution in [3.63, 3.8) is 0 Å². The Morgan fingerprint density at radius 1 is 1.00 bits per heavy atom. The van der Waals surface area contributed by atoms with Gasteiger partial charge in [0.05, 0.1) is 12.1 Å². The summed E-state index contributed by atoms with van der Waals surface area (Å²) in [7, 11) is 0. The Labute approximate surface area is 171 Å². The molecule has 1 heterocycles. The molecule has 0 aromatic heterocycles. The summed E-state index contributed by atoms with van der Waals surface area (Å²) < 4.78 is 0. The molecule has 3 amide bonds. The van der Waals surface area contributed by atoms with E-state index in [1.54, 1.807) is 12.1 Å². The van der Waals surface area contributed by atoms with Gasteiger partial charge in [-0.15, -0.1) is 0 Å². The summed E-state index contributed by atoms with van der Waals surface area (Å²) in [6, 6.07) is 11.0. The zero-order chi connectivity index (χ0) is 21.0. The van der Waals surface area contributed by atoms with Gasteiger partial charge in [-0.25, -0.2) is 0 Å². The lowest BCUT2D eigenvalue weighted by molar-refractivity contribution is -0.717. The Morgan fingerprint density at radius 3 is 2.21 bits per heavy atom. The number of rotatable bonds is 8. The van der Waals surface area contributed by atoms with Gasteiger partial charge in [0.15, 0.2) is 0 Å². The third-order valence-corrected chi connectivity index (χ3v) is 5.10. The minimum Gasteiger partial charge on any atom is -0.356 e. The van der Waals surface area contributed by atoms with Crippen molar-refractivity contribution in [2.75, 3.05) is 19.6 Å². The van der Waals surface area contributed by atoms with Crippen molar-refractivity contribution in [3.8, 4) is 0 Å². The fourth-order valence-electron chi connectivity index (χ4n) is 3.63. The molecule has 0 spiro atoms. The first-order chi connectivity index (χ1) is 13.8. The van der Waals surface area contributed by atoms with Crippen LogP contribution in [0, 0.1) is 0 Å². The molecule has 0 fully saturated rings. The molecule has 1 aliphatic rings. The molecule has 6 nitrogen and oxygen atoms in total. The number of amides is 3. The highest BCUT2D eigenvalue weighted by Gasteiger charge is 2.32. The first-order valence-corrected chi connectivity index (χ1v) is 10.3. The molecule has 0 atom stereocenters. The van der Waals surface area contributed by atoms with E-state index in [-0.39, 0.29) is 29.8 Å². The van der Waals surface area contributed by atoms with Crippen LogP contribution in [0.1, 0.15) is 60.7 Å². The summed E-state index contributed by atoms with van der Waals surface area (Å²) in [6.45, 7) is 8.33. The van der Waals surface area contributed by atoms with Crippen LogP contribution in [-0.4, -0.2) is 47.8 Å². The summed E-state index contributed by atoms with van der Waals surface area (Å²) in [4.78, 5) is 38.9. The van der Waals surface area contributed by atoms with Gasteiger partial charge in [0.25, 0.3) is 11.8 Å². The van der Waals surface area contributed by atoms with Crippen molar-refractivity contribution in [3.05, 3.63) is 47.5 Å². The molecule has 1 aliphatic heterocycles. The zero-order valence-corrected chi connectivity index (χ0v) is 17.5. The molecule has 2 aromatic carbocycles. The maximum atomic E-state index is 12.8. The van der Waals surface area contributed by atoms with E-state index in [0.717, 1.165) is 23.7 Å². The smallest absolute Gasteiger partial charge is 0.261 e. The number of nitrogens with zero attached hydrogens (tertiary/aromatic N) is 1. The Hall–Kier alpha value is -2.73. The lowest BCUT2D eigenvalue weighted by Crippen LogP contribution is -2.94. The Morgan fingerprint density at radius 2 is 1.62 bits per heavy atom. The van der Waals surface area contributed by atoms with Crippen molar-refractivity contribution < 1.29 is 19.7 Å². The van der Waals surface area contributed by atoms with E-state index in [9.17, 15) is 14.4 Å². The predicted octanol–water partition coefficient (Wildman–Crippen LogP) is 2.08. The van der Waals surface area contributed by atoms with Gasteiger partial charge in [-0.2, -0.15) is 0 Å². The fraction of sp³-hybridized carbons (Fsp3) is 0.435. The maximum Gasteiger partial charge on any atom is 0.261 e. The number of benzene rings is 2. The first-order valence-electron chi connectivity index (χ1n) is 10.3. The van der Waals surface area contributed by atoms with Crippen LogP contribution in [0.4, 0.5) is 0 Å². The average Bonchev–Trinajstić information content (AvgIpc) is 2.67. The van der Waals surface area contributed by atoms with Gasteiger partial charge in [-0.05, 0) is 44.7 Å². The molecule has 154 valence electrons. The summed E-state index contributed by atoms with van der Waals surface area (Å²) >= 11 is 0. The number of imide groups is 1. The number of carbonyl (C=O) groups is 3. The van der Waals surface area contributed by atoms with Crippen LogP contribution < -0.4 is 10.6 Å². The molecule has 0 bridgehead atoms. The van der Waals surface area contributed by atoms with Gasteiger partial charge in [0.2, 0.25) is 5.91 Å². The second-order valence-electron chi connectivity index (χ2n) is 8.64. The second kappa shape index (κ2) is 8.74. The number of hydrogen-bond donors (Lipinski definition) is 2. The average molecular weight is 397 g/mol. The number of nitrogens with two attached hydrogens (primary N) is 1. The molecular formula is C23H30N3O3+. The van der Waals surface area contributed by atoms with Crippen LogP contribution in [0.5, 0.6) is 0 Å². The summed E-state index contributed by atoms with van der Waals surface area (Å²) in [5, 5.41) is 6.79. The van der Waals surface area contributed by atoms with Crippen LogP contribution in [0.2, 0.25) is 0 Å². The first kappa shape index (κ1) is 21.0. The minimum atomic E-state index is -0.280. The van der Waals surface area contributed by atoms with E-state index in [0.29, 0.717) is 30.5 Å². The minimum absolute atomic E-state index is 0.0415. The molecule has 0 radical (unpaired) electrons. The van der Waals surface area contributed by atoms with Crippen molar-refractivity contribution in [2.24, 2.45) is 0 Å². The molecular weight excluding hydrogens is 366 g/mol. The van der Waals surface area contributed by atoms with E-state index >= 15 is 0 Å². The fourth-order valence-corrected chi connectivity index (χ4v) is 3.63. The molecule has 6 heteroatoms. The van der Waals surface area contributed by atoms with Crippen molar-refractivity contribution in [1.29, 1.82) is 0 Å². The third-order valence-electron chi connectivity index (χ3n) is 5.10. The second-order valence-corrected chi connectivity index (χ2v) is 8.64. The molecule has 29 heavy (non-hydrogen) atoms. The van der Waals surface area contributed by atoms with Gasteiger partial charge in [-0.3, -0.25) is 19.3 Å². The quantitative estimate of drug-likeness (QED) is 0.529. The Balaban J connectivity index is 1.50. The molecule has 3 rings (SSSR count). The van der Waals surface area contributed by atoms with E-state index in [2.05, 4.69) is 31.4 Å². The summed E-state index contributed by atoms with van der Waals surface area (Å²) in [6.07, 6.45) is 1.66. The molecule has 2 aromatic rings. The Bertz CT molecular complexity index is 880. The van der Waals surface area contributed by atoms with Crippen LogP contribution in [0.3, 0.4) is 0 Å². The van der Waals surface area contributed by atoms with Crippen LogP contribution in [0.25, 0.3) is 10.8 Å². The number of carbonyl (C=O) groups excluding carboxylic acids is 3. The third kappa shape index (κ3) is 5.01. The highest BCUT2D eigenvalue weighted by molar-refractivity contribution is 6.25. The number of quaternary nitrogens is 1.